The van der Waals surface area contributed by atoms with E-state index in [1.807, 2.05) is 12.1 Å². The van der Waals surface area contributed by atoms with Gasteiger partial charge in [-0.15, -0.1) is 22.9 Å². The first-order valence-electron chi connectivity index (χ1n) is 5.01. The molecule has 0 aliphatic carbocycles. The Morgan fingerprint density at radius 1 is 1.11 bits per heavy atom. The Bertz CT molecular complexity index is 553. The highest BCUT2D eigenvalue weighted by atomic mass is 35.5. The first-order valence-corrected chi connectivity index (χ1v) is 7.49. The average molecular weight is 342 g/mol. The third-order valence-electron chi connectivity index (χ3n) is 2.22. The Labute approximate surface area is 129 Å². The van der Waals surface area contributed by atoms with Crippen LogP contribution in [0.5, 0.6) is 5.75 Å². The van der Waals surface area contributed by atoms with Crippen LogP contribution in [0.2, 0.25) is 14.4 Å². The minimum Gasteiger partial charge on any atom is -0.486 e. The second kappa shape index (κ2) is 6.36. The van der Waals surface area contributed by atoms with Crippen LogP contribution in [0.25, 0.3) is 0 Å². The molecule has 0 amide bonds. The van der Waals surface area contributed by atoms with Gasteiger partial charge in [0, 0.05) is 15.5 Å². The number of alkyl halides is 1. The van der Waals surface area contributed by atoms with Gasteiger partial charge in [0.25, 0.3) is 0 Å². The highest BCUT2D eigenvalue weighted by Gasteiger charge is 2.11. The molecule has 1 aromatic heterocycles. The second-order valence-electron chi connectivity index (χ2n) is 3.50. The van der Waals surface area contributed by atoms with Crippen molar-refractivity contribution < 1.29 is 4.74 Å². The van der Waals surface area contributed by atoms with Crippen LogP contribution in [-0.4, -0.2) is 0 Å². The Balaban J connectivity index is 2.18. The molecule has 0 aliphatic rings. The lowest BCUT2D eigenvalue weighted by molar-refractivity contribution is 0.307. The van der Waals surface area contributed by atoms with E-state index in [0.717, 1.165) is 14.8 Å². The van der Waals surface area contributed by atoms with Gasteiger partial charge in [-0.05, 0) is 24.3 Å². The van der Waals surface area contributed by atoms with Gasteiger partial charge >= 0.3 is 0 Å². The molecule has 2 rings (SSSR count). The summed E-state index contributed by atoms with van der Waals surface area (Å²) in [5, 5.41) is 1.00. The van der Waals surface area contributed by atoms with Gasteiger partial charge < -0.3 is 4.74 Å². The van der Waals surface area contributed by atoms with Crippen LogP contribution in [0.1, 0.15) is 10.4 Å². The minimum absolute atomic E-state index is 0.292. The van der Waals surface area contributed by atoms with Crippen LogP contribution in [0.3, 0.4) is 0 Å². The van der Waals surface area contributed by atoms with E-state index in [-0.39, 0.29) is 0 Å². The number of halogens is 4. The molecule has 0 saturated heterocycles. The topological polar surface area (TPSA) is 9.23 Å². The van der Waals surface area contributed by atoms with Crippen LogP contribution < -0.4 is 4.74 Å². The zero-order valence-electron chi connectivity index (χ0n) is 9.05. The number of benzene rings is 1. The van der Waals surface area contributed by atoms with Gasteiger partial charge in [0.15, 0.2) is 0 Å². The van der Waals surface area contributed by atoms with Crippen molar-refractivity contribution in [1.29, 1.82) is 0 Å². The van der Waals surface area contributed by atoms with E-state index in [9.17, 15) is 0 Å². The van der Waals surface area contributed by atoms with E-state index in [1.54, 1.807) is 12.1 Å². The van der Waals surface area contributed by atoms with E-state index in [2.05, 4.69) is 0 Å². The smallest absolute Gasteiger partial charge is 0.142 e. The fraction of sp³-hybridized carbons (Fsp3) is 0.167. The van der Waals surface area contributed by atoms with Crippen LogP contribution in [0, 0.1) is 0 Å². The summed E-state index contributed by atoms with van der Waals surface area (Å²) < 4.78 is 6.42. The van der Waals surface area contributed by atoms with Gasteiger partial charge in [-0.25, -0.2) is 0 Å². The van der Waals surface area contributed by atoms with Crippen LogP contribution >= 0.6 is 57.7 Å². The molecule has 6 heteroatoms. The summed E-state index contributed by atoms with van der Waals surface area (Å²) in [5.74, 6) is 0.862. The molecule has 0 spiro atoms. The molecule has 1 aromatic carbocycles. The number of hydrogen-bond acceptors (Lipinski definition) is 2. The molecule has 96 valence electrons. The molecule has 18 heavy (non-hydrogen) atoms. The van der Waals surface area contributed by atoms with Gasteiger partial charge in [0.2, 0.25) is 0 Å². The number of thiophene rings is 1. The summed E-state index contributed by atoms with van der Waals surface area (Å²) in [7, 11) is 0. The Hall–Kier alpha value is -0.120. The normalized spacial score (nSPS) is 10.7. The maximum absolute atomic E-state index is 6.09. The summed E-state index contributed by atoms with van der Waals surface area (Å²) in [6.07, 6.45) is 0. The number of rotatable bonds is 4. The third kappa shape index (κ3) is 3.46. The summed E-state index contributed by atoms with van der Waals surface area (Å²) in [6, 6.07) is 7.13. The SMILES string of the molecule is ClCc1cc(Cl)cc(Cl)c1OCc1ccc(Cl)s1. The predicted octanol–water partition coefficient (Wildman–Crippen LogP) is 6.03. The zero-order chi connectivity index (χ0) is 13.1. The monoisotopic (exact) mass is 340 g/mol. The number of ether oxygens (including phenoxy) is 1. The lowest BCUT2D eigenvalue weighted by atomic mass is 10.2. The second-order valence-corrected chi connectivity index (χ2v) is 6.41. The van der Waals surface area contributed by atoms with Crippen molar-refractivity contribution in [3.05, 3.63) is 49.1 Å². The lowest BCUT2D eigenvalue weighted by Gasteiger charge is -2.11. The highest BCUT2D eigenvalue weighted by Crippen LogP contribution is 2.34. The molecule has 0 saturated carbocycles. The van der Waals surface area contributed by atoms with Gasteiger partial charge in [0.1, 0.15) is 12.4 Å². The number of hydrogen-bond donors (Lipinski definition) is 0. The van der Waals surface area contributed by atoms with Crippen molar-refractivity contribution in [2.45, 2.75) is 12.5 Å². The van der Waals surface area contributed by atoms with Crippen molar-refractivity contribution in [3.8, 4) is 5.75 Å². The molecule has 2 aromatic rings. The minimum atomic E-state index is 0.292. The van der Waals surface area contributed by atoms with E-state index in [4.69, 9.17) is 51.1 Å². The van der Waals surface area contributed by atoms with Crippen LogP contribution in [0.15, 0.2) is 24.3 Å². The van der Waals surface area contributed by atoms with Gasteiger partial charge in [-0.3, -0.25) is 0 Å². The Morgan fingerprint density at radius 3 is 2.50 bits per heavy atom. The van der Waals surface area contributed by atoms with Crippen LogP contribution in [0.4, 0.5) is 0 Å². The summed E-state index contributed by atoms with van der Waals surface area (Å²) in [6.45, 7) is 0.405. The van der Waals surface area contributed by atoms with E-state index >= 15 is 0 Å². The van der Waals surface area contributed by atoms with Gasteiger partial charge in [-0.1, -0.05) is 34.8 Å². The van der Waals surface area contributed by atoms with E-state index < -0.39 is 0 Å². The molecule has 0 radical (unpaired) electrons. The lowest BCUT2D eigenvalue weighted by Crippen LogP contribution is -1.97. The molecule has 1 nitrogen and oxygen atoms in total. The van der Waals surface area contributed by atoms with E-state index in [0.29, 0.717) is 28.3 Å². The fourth-order valence-electron chi connectivity index (χ4n) is 1.45. The van der Waals surface area contributed by atoms with Crippen molar-refractivity contribution in [1.82, 2.24) is 0 Å². The first kappa shape index (κ1) is 14.3. The van der Waals surface area contributed by atoms with Crippen molar-refractivity contribution in [2.24, 2.45) is 0 Å². The fourth-order valence-corrected chi connectivity index (χ4v) is 3.24. The molecule has 1 heterocycles. The summed E-state index contributed by atoms with van der Waals surface area (Å²) in [4.78, 5) is 1.02. The van der Waals surface area contributed by atoms with Crippen molar-refractivity contribution in [2.75, 3.05) is 0 Å². The zero-order valence-corrected chi connectivity index (χ0v) is 12.9. The maximum atomic E-state index is 6.09. The summed E-state index contributed by atoms with van der Waals surface area (Å²) >= 11 is 25.2. The highest BCUT2D eigenvalue weighted by molar-refractivity contribution is 7.16. The molecule has 0 atom stereocenters. The average Bonchev–Trinajstić information content (AvgIpc) is 2.73. The molecular weight excluding hydrogens is 334 g/mol. The molecule has 0 bridgehead atoms. The largest absolute Gasteiger partial charge is 0.486 e. The molecule has 0 aliphatic heterocycles. The standard InChI is InChI=1S/C12H8Cl4OS/c13-5-7-3-8(14)4-10(15)12(7)17-6-9-1-2-11(16)18-9/h1-4H,5-6H2. The predicted molar refractivity (Wildman–Crippen MR) is 79.7 cm³/mol. The molecule has 0 N–H and O–H groups in total. The quantitative estimate of drug-likeness (QED) is 0.617. The Morgan fingerprint density at radius 2 is 1.89 bits per heavy atom. The molecule has 0 unspecified atom stereocenters. The van der Waals surface area contributed by atoms with Crippen molar-refractivity contribution >= 4 is 57.7 Å². The first-order chi connectivity index (χ1) is 8.60. The third-order valence-corrected chi connectivity index (χ3v) is 4.21. The van der Waals surface area contributed by atoms with Crippen LogP contribution in [-0.2, 0) is 12.5 Å². The molecular formula is C12H8Cl4OS. The van der Waals surface area contributed by atoms with Gasteiger partial charge in [-0.2, -0.15) is 0 Å². The maximum Gasteiger partial charge on any atom is 0.142 e. The molecule has 0 fully saturated rings. The Kier molecular flexibility index (Phi) is 5.05. The van der Waals surface area contributed by atoms with Crippen molar-refractivity contribution in [3.63, 3.8) is 0 Å². The van der Waals surface area contributed by atoms with Gasteiger partial charge in [0.05, 0.1) is 15.2 Å². The summed E-state index contributed by atoms with van der Waals surface area (Å²) in [5.41, 5.74) is 0.775. The van der Waals surface area contributed by atoms with E-state index in [1.165, 1.54) is 11.3 Å².